The fourth-order valence-electron chi connectivity index (χ4n) is 4.25. The summed E-state index contributed by atoms with van der Waals surface area (Å²) < 4.78 is 5.77. The van der Waals surface area contributed by atoms with Gasteiger partial charge in [-0.1, -0.05) is 24.4 Å². The van der Waals surface area contributed by atoms with E-state index in [0.29, 0.717) is 29.9 Å². The molecule has 0 radical (unpaired) electrons. The third kappa shape index (κ3) is 5.10. The topological polar surface area (TPSA) is 81.7 Å². The number of aliphatic hydroxyl groups is 1. The summed E-state index contributed by atoms with van der Waals surface area (Å²) in [6.45, 7) is 2.46. The minimum atomic E-state index is -0.685. The number of carbonyl (C=O) groups is 1. The van der Waals surface area contributed by atoms with Gasteiger partial charge in [0.25, 0.3) is 0 Å². The average Bonchev–Trinajstić information content (AvgIpc) is 3.40. The number of carbonyl (C=O) groups excluding carboxylic acids is 1. The predicted molar refractivity (Wildman–Crippen MR) is 111 cm³/mol. The number of H-pyrrole nitrogens is 1. The Balaban J connectivity index is 1.27. The molecule has 2 fully saturated rings. The molecule has 1 aromatic heterocycles. The zero-order valence-electron chi connectivity index (χ0n) is 16.4. The van der Waals surface area contributed by atoms with Crippen LogP contribution in [0.1, 0.15) is 25.7 Å². The lowest BCUT2D eigenvalue weighted by molar-refractivity contribution is -0.139. The molecule has 2 heterocycles. The van der Waals surface area contributed by atoms with Crippen molar-refractivity contribution in [3.8, 4) is 17.0 Å². The molecule has 1 amide bonds. The van der Waals surface area contributed by atoms with Crippen LogP contribution < -0.4 is 4.74 Å². The highest BCUT2D eigenvalue weighted by Crippen LogP contribution is 2.28. The van der Waals surface area contributed by atoms with Crippen molar-refractivity contribution in [3.05, 3.63) is 35.5 Å². The molecule has 2 N–H and O–H groups in total. The molecule has 1 atom stereocenters. The molecular weight excluding hydrogens is 392 g/mol. The highest BCUT2D eigenvalue weighted by atomic mass is 35.5. The molecule has 0 bridgehead atoms. The van der Waals surface area contributed by atoms with E-state index >= 15 is 0 Å². The zero-order valence-corrected chi connectivity index (χ0v) is 17.1. The van der Waals surface area contributed by atoms with Crippen molar-refractivity contribution in [1.82, 2.24) is 20.0 Å². The first-order chi connectivity index (χ1) is 14.1. The van der Waals surface area contributed by atoms with Crippen LogP contribution in [0.15, 0.2) is 30.5 Å². The average molecular weight is 419 g/mol. The Hall–Kier alpha value is -2.09. The van der Waals surface area contributed by atoms with Gasteiger partial charge in [0.2, 0.25) is 5.91 Å². The fourth-order valence-corrected chi connectivity index (χ4v) is 4.48. The highest BCUT2D eigenvalue weighted by Gasteiger charge is 2.31. The number of β-amino-alcohol motifs (C(OH)–C–C–N with tert-alkyl or cyclic N) is 1. The Morgan fingerprint density at radius 2 is 2.10 bits per heavy atom. The maximum atomic E-state index is 12.5. The van der Waals surface area contributed by atoms with E-state index in [1.807, 2.05) is 28.0 Å². The molecule has 156 valence electrons. The van der Waals surface area contributed by atoms with Gasteiger partial charge in [-0.3, -0.25) is 14.8 Å². The lowest BCUT2D eigenvalue weighted by Crippen LogP contribution is -2.55. The number of hydrogen-bond donors (Lipinski definition) is 2. The van der Waals surface area contributed by atoms with Crippen molar-refractivity contribution in [3.63, 3.8) is 0 Å². The first-order valence-corrected chi connectivity index (χ1v) is 10.6. The van der Waals surface area contributed by atoms with Crippen LogP contribution in [0.5, 0.6) is 5.75 Å². The third-order valence-corrected chi connectivity index (χ3v) is 5.91. The lowest BCUT2D eigenvalue weighted by Gasteiger charge is -2.38. The van der Waals surface area contributed by atoms with E-state index in [2.05, 4.69) is 10.2 Å². The van der Waals surface area contributed by atoms with Crippen LogP contribution in [0.25, 0.3) is 11.3 Å². The van der Waals surface area contributed by atoms with Crippen LogP contribution in [0.2, 0.25) is 5.02 Å². The van der Waals surface area contributed by atoms with E-state index in [0.717, 1.165) is 37.2 Å². The van der Waals surface area contributed by atoms with Gasteiger partial charge in [-0.15, -0.1) is 0 Å². The van der Waals surface area contributed by atoms with Gasteiger partial charge < -0.3 is 14.7 Å². The number of halogens is 1. The van der Waals surface area contributed by atoms with Crippen molar-refractivity contribution in [2.24, 2.45) is 0 Å². The van der Waals surface area contributed by atoms with Crippen molar-refractivity contribution in [2.45, 2.75) is 37.8 Å². The smallest absolute Gasteiger partial charge is 0.237 e. The molecule has 2 aromatic rings. The van der Waals surface area contributed by atoms with Gasteiger partial charge in [-0.25, -0.2) is 0 Å². The summed E-state index contributed by atoms with van der Waals surface area (Å²) in [6.07, 6.45) is 5.69. The molecule has 29 heavy (non-hydrogen) atoms. The quantitative estimate of drug-likeness (QED) is 0.722. The minimum absolute atomic E-state index is 0.139. The number of nitrogens with zero attached hydrogens (tertiary/aromatic N) is 3. The van der Waals surface area contributed by atoms with Gasteiger partial charge in [-0.2, -0.15) is 5.10 Å². The van der Waals surface area contributed by atoms with E-state index in [9.17, 15) is 9.90 Å². The first kappa shape index (κ1) is 20.2. The maximum Gasteiger partial charge on any atom is 0.237 e. The standard InChI is InChI=1S/C21H27ClN4O3/c22-16-9-15(20-5-6-23-24-20)10-19(11-16)29-14-18(27)12-25-7-8-26(21(28)13-25)17-3-1-2-4-17/h5-6,9-11,17-18,27H,1-4,7-8,12-14H2,(H,23,24). The molecule has 1 saturated carbocycles. The molecule has 1 aromatic carbocycles. The summed E-state index contributed by atoms with van der Waals surface area (Å²) in [7, 11) is 0. The minimum Gasteiger partial charge on any atom is -0.491 e. The number of ether oxygens (including phenoxy) is 1. The Labute approximate surface area is 175 Å². The van der Waals surface area contributed by atoms with Crippen LogP contribution in [0, 0.1) is 0 Å². The first-order valence-electron chi connectivity index (χ1n) is 10.2. The van der Waals surface area contributed by atoms with Gasteiger partial charge in [0.15, 0.2) is 0 Å². The second-order valence-corrected chi connectivity index (χ2v) is 8.31. The molecule has 2 aliphatic rings. The van der Waals surface area contributed by atoms with Gasteiger partial charge in [0, 0.05) is 42.5 Å². The summed E-state index contributed by atoms with van der Waals surface area (Å²) in [5.41, 5.74) is 1.71. The number of rotatable bonds is 7. The molecule has 0 spiro atoms. The van der Waals surface area contributed by atoms with E-state index in [4.69, 9.17) is 16.3 Å². The van der Waals surface area contributed by atoms with Crippen LogP contribution in [0.4, 0.5) is 0 Å². The SMILES string of the molecule is O=C1CN(CC(O)COc2cc(Cl)cc(-c3ccn[nH]3)c2)CCN1C1CCCC1. The number of aromatic amines is 1. The van der Waals surface area contributed by atoms with Gasteiger partial charge in [0.1, 0.15) is 18.5 Å². The summed E-state index contributed by atoms with van der Waals surface area (Å²) in [5.74, 6) is 0.763. The van der Waals surface area contributed by atoms with Gasteiger partial charge in [-0.05, 0) is 37.1 Å². The van der Waals surface area contributed by atoms with Crippen LogP contribution in [0.3, 0.4) is 0 Å². The zero-order chi connectivity index (χ0) is 20.2. The Kier molecular flexibility index (Phi) is 6.37. The maximum absolute atomic E-state index is 12.5. The fraction of sp³-hybridized carbons (Fsp3) is 0.524. The number of hydrogen-bond acceptors (Lipinski definition) is 5. The van der Waals surface area contributed by atoms with E-state index < -0.39 is 6.10 Å². The Morgan fingerprint density at radius 3 is 2.83 bits per heavy atom. The number of benzene rings is 1. The Bertz CT molecular complexity index is 823. The number of aliphatic hydroxyl groups excluding tert-OH is 1. The number of piperazine rings is 1. The Morgan fingerprint density at radius 1 is 1.28 bits per heavy atom. The van der Waals surface area contributed by atoms with Crippen molar-refractivity contribution in [2.75, 3.05) is 32.8 Å². The predicted octanol–water partition coefficient (Wildman–Crippen LogP) is 2.56. The molecule has 1 aliphatic carbocycles. The van der Waals surface area contributed by atoms with Crippen LogP contribution in [-0.2, 0) is 4.79 Å². The highest BCUT2D eigenvalue weighted by molar-refractivity contribution is 6.31. The number of nitrogens with one attached hydrogen (secondary N) is 1. The van der Waals surface area contributed by atoms with Crippen LogP contribution >= 0.6 is 11.6 Å². The molecule has 8 heteroatoms. The van der Waals surface area contributed by atoms with Crippen molar-refractivity contribution < 1.29 is 14.6 Å². The molecular formula is C21H27ClN4O3. The largest absolute Gasteiger partial charge is 0.491 e. The molecule has 1 unspecified atom stereocenters. The number of aromatic nitrogens is 2. The van der Waals surface area contributed by atoms with Crippen molar-refractivity contribution >= 4 is 17.5 Å². The van der Waals surface area contributed by atoms with E-state index in [1.165, 1.54) is 12.8 Å². The summed E-state index contributed by atoms with van der Waals surface area (Å²) in [5, 5.41) is 17.8. The second kappa shape index (κ2) is 9.15. The summed E-state index contributed by atoms with van der Waals surface area (Å²) in [4.78, 5) is 16.5. The normalized spacial score (nSPS) is 19.7. The van der Waals surface area contributed by atoms with Gasteiger partial charge >= 0.3 is 0 Å². The molecule has 1 aliphatic heterocycles. The molecule has 7 nitrogen and oxygen atoms in total. The summed E-state index contributed by atoms with van der Waals surface area (Å²) >= 11 is 6.19. The van der Waals surface area contributed by atoms with E-state index in [-0.39, 0.29) is 12.5 Å². The monoisotopic (exact) mass is 418 g/mol. The second-order valence-electron chi connectivity index (χ2n) is 7.87. The van der Waals surface area contributed by atoms with Crippen LogP contribution in [-0.4, -0.2) is 75.9 Å². The molecule has 4 rings (SSSR count). The molecule has 1 saturated heterocycles. The summed E-state index contributed by atoms with van der Waals surface area (Å²) in [6, 6.07) is 7.68. The third-order valence-electron chi connectivity index (χ3n) is 5.70. The lowest BCUT2D eigenvalue weighted by atomic mass is 10.1. The van der Waals surface area contributed by atoms with E-state index in [1.54, 1.807) is 12.3 Å². The van der Waals surface area contributed by atoms with Gasteiger partial charge in [0.05, 0.1) is 12.2 Å². The van der Waals surface area contributed by atoms with Crippen molar-refractivity contribution in [1.29, 1.82) is 0 Å². The number of amides is 1.